The first-order valence-corrected chi connectivity index (χ1v) is 11.1. The molecule has 7 nitrogen and oxygen atoms in total. The SMILES string of the molecule is CC[C@@]1(C)CC(=O)c2c(ccc3oc(C(=O)NCCc4ccc(OC)c(OC)c4)c(C)c23)O1. The van der Waals surface area contributed by atoms with E-state index in [1.165, 1.54) is 0 Å². The molecule has 1 aliphatic heterocycles. The summed E-state index contributed by atoms with van der Waals surface area (Å²) in [7, 11) is 3.18. The molecule has 4 rings (SSSR count). The van der Waals surface area contributed by atoms with E-state index < -0.39 is 5.60 Å². The van der Waals surface area contributed by atoms with Gasteiger partial charge in [0.25, 0.3) is 5.91 Å². The average molecular weight is 452 g/mol. The summed E-state index contributed by atoms with van der Waals surface area (Å²) < 4.78 is 22.6. The Balaban J connectivity index is 1.53. The monoisotopic (exact) mass is 451 g/mol. The van der Waals surface area contributed by atoms with E-state index in [9.17, 15) is 9.59 Å². The van der Waals surface area contributed by atoms with Crippen LogP contribution in [0.2, 0.25) is 0 Å². The van der Waals surface area contributed by atoms with Gasteiger partial charge >= 0.3 is 0 Å². The summed E-state index contributed by atoms with van der Waals surface area (Å²) in [5.74, 6) is 1.75. The fraction of sp³-hybridized carbons (Fsp3) is 0.385. The molecule has 0 aliphatic carbocycles. The van der Waals surface area contributed by atoms with E-state index in [2.05, 4.69) is 5.32 Å². The first-order valence-electron chi connectivity index (χ1n) is 11.1. The fourth-order valence-electron chi connectivity index (χ4n) is 4.26. The largest absolute Gasteiger partial charge is 0.493 e. The van der Waals surface area contributed by atoms with Gasteiger partial charge in [0.2, 0.25) is 0 Å². The predicted octanol–water partition coefficient (Wildman–Crippen LogP) is 4.86. The molecule has 1 atom stereocenters. The first kappa shape index (κ1) is 22.7. The van der Waals surface area contributed by atoms with Crippen LogP contribution in [-0.2, 0) is 6.42 Å². The van der Waals surface area contributed by atoms with Crippen molar-refractivity contribution in [3.63, 3.8) is 0 Å². The summed E-state index contributed by atoms with van der Waals surface area (Å²) in [6.45, 7) is 6.16. The van der Waals surface area contributed by atoms with Gasteiger partial charge in [-0.25, -0.2) is 0 Å². The molecule has 0 spiro atoms. The van der Waals surface area contributed by atoms with Crippen LogP contribution in [0, 0.1) is 6.92 Å². The van der Waals surface area contributed by atoms with Crippen LogP contribution in [0.4, 0.5) is 0 Å². The summed E-state index contributed by atoms with van der Waals surface area (Å²) in [5.41, 5.74) is 2.14. The quantitative estimate of drug-likeness (QED) is 0.552. The standard InChI is InChI=1S/C26H29NO6/c1-6-26(3)14-17(28)23-20(33-26)10-9-19-22(23)15(2)24(32-19)25(29)27-12-11-16-7-8-18(30-4)21(13-16)31-5/h7-10,13H,6,11-12,14H2,1-5H3,(H,27,29)/t26-/m0/s1. The molecule has 0 unspecified atom stereocenters. The van der Waals surface area contributed by atoms with Crippen LogP contribution in [0.3, 0.4) is 0 Å². The van der Waals surface area contributed by atoms with Crippen molar-refractivity contribution >= 4 is 22.7 Å². The number of hydrogen-bond acceptors (Lipinski definition) is 6. The molecule has 33 heavy (non-hydrogen) atoms. The van der Waals surface area contributed by atoms with E-state index in [1.54, 1.807) is 33.3 Å². The average Bonchev–Trinajstić information content (AvgIpc) is 3.15. The molecular weight excluding hydrogens is 422 g/mol. The van der Waals surface area contributed by atoms with E-state index in [0.29, 0.717) is 58.7 Å². The zero-order chi connectivity index (χ0) is 23.8. The van der Waals surface area contributed by atoms with Crippen molar-refractivity contribution in [2.24, 2.45) is 0 Å². The van der Waals surface area contributed by atoms with Gasteiger partial charge < -0.3 is 23.9 Å². The first-order chi connectivity index (χ1) is 15.8. The maximum absolute atomic E-state index is 13.0. The van der Waals surface area contributed by atoms with E-state index in [-0.39, 0.29) is 17.5 Å². The number of nitrogens with one attached hydrogen (secondary N) is 1. The van der Waals surface area contributed by atoms with Crippen molar-refractivity contribution in [1.82, 2.24) is 5.32 Å². The second-order valence-electron chi connectivity index (χ2n) is 8.57. The molecule has 1 aromatic heterocycles. The van der Waals surface area contributed by atoms with Gasteiger partial charge in [0.1, 0.15) is 16.9 Å². The number of carbonyl (C=O) groups is 2. The Morgan fingerprint density at radius 2 is 1.91 bits per heavy atom. The number of rotatable bonds is 7. The molecule has 1 N–H and O–H groups in total. The number of benzene rings is 2. The van der Waals surface area contributed by atoms with Crippen LogP contribution in [0.1, 0.15) is 58.7 Å². The van der Waals surface area contributed by atoms with Crippen molar-refractivity contribution < 1.29 is 28.2 Å². The van der Waals surface area contributed by atoms with Crippen LogP contribution >= 0.6 is 0 Å². The number of ketones is 1. The zero-order valence-corrected chi connectivity index (χ0v) is 19.7. The summed E-state index contributed by atoms with van der Waals surface area (Å²) >= 11 is 0. The molecule has 2 aromatic carbocycles. The Bertz CT molecular complexity index is 1230. The van der Waals surface area contributed by atoms with Crippen LogP contribution in [0.25, 0.3) is 11.0 Å². The summed E-state index contributed by atoms with van der Waals surface area (Å²) in [6.07, 6.45) is 1.64. The lowest BCUT2D eigenvalue weighted by Crippen LogP contribution is -2.38. The molecule has 1 aliphatic rings. The molecule has 0 bridgehead atoms. The van der Waals surface area contributed by atoms with Gasteiger partial charge in [0.05, 0.1) is 26.2 Å². The molecule has 7 heteroatoms. The maximum Gasteiger partial charge on any atom is 0.287 e. The van der Waals surface area contributed by atoms with Gasteiger partial charge in [-0.2, -0.15) is 0 Å². The highest BCUT2D eigenvalue weighted by atomic mass is 16.5. The number of aryl methyl sites for hydroxylation is 1. The Hall–Kier alpha value is -3.48. The maximum atomic E-state index is 13.0. The highest BCUT2D eigenvalue weighted by Crippen LogP contribution is 2.41. The van der Waals surface area contributed by atoms with E-state index >= 15 is 0 Å². The molecule has 0 radical (unpaired) electrons. The van der Waals surface area contributed by atoms with Crippen LogP contribution in [0.15, 0.2) is 34.7 Å². The second-order valence-corrected chi connectivity index (χ2v) is 8.57. The Morgan fingerprint density at radius 1 is 1.15 bits per heavy atom. The molecule has 0 saturated heterocycles. The van der Waals surface area contributed by atoms with Crippen molar-refractivity contribution in [2.45, 2.75) is 45.6 Å². The third kappa shape index (κ3) is 4.15. The van der Waals surface area contributed by atoms with Crippen LogP contribution in [0.5, 0.6) is 17.2 Å². The summed E-state index contributed by atoms with van der Waals surface area (Å²) in [6, 6.07) is 9.17. The number of hydrogen-bond donors (Lipinski definition) is 1. The number of Topliss-reactive ketones (excluding diaryl/α,β-unsaturated/α-hetero) is 1. The third-order valence-corrected chi connectivity index (χ3v) is 6.33. The topological polar surface area (TPSA) is 87.0 Å². The van der Waals surface area contributed by atoms with Crippen molar-refractivity contribution in [3.8, 4) is 17.2 Å². The molecular formula is C26H29NO6. The smallest absolute Gasteiger partial charge is 0.287 e. The molecule has 1 amide bonds. The Kier molecular flexibility index (Phi) is 6.06. The van der Waals surface area contributed by atoms with Crippen LogP contribution in [-0.4, -0.2) is 38.1 Å². The zero-order valence-electron chi connectivity index (χ0n) is 19.7. The number of carbonyl (C=O) groups excluding carboxylic acids is 2. The highest BCUT2D eigenvalue weighted by molar-refractivity contribution is 6.13. The van der Waals surface area contributed by atoms with Crippen molar-refractivity contribution in [3.05, 3.63) is 52.8 Å². The number of methoxy groups -OCH3 is 2. The fourth-order valence-corrected chi connectivity index (χ4v) is 4.26. The second kappa shape index (κ2) is 8.81. The Labute approximate surface area is 193 Å². The normalized spacial score (nSPS) is 17.4. The molecule has 0 saturated carbocycles. The van der Waals surface area contributed by atoms with Crippen molar-refractivity contribution in [1.29, 1.82) is 0 Å². The predicted molar refractivity (Wildman–Crippen MR) is 125 cm³/mol. The van der Waals surface area contributed by atoms with E-state index in [4.69, 9.17) is 18.6 Å². The number of amides is 1. The minimum atomic E-state index is -0.514. The van der Waals surface area contributed by atoms with E-state index in [1.807, 2.05) is 32.0 Å². The summed E-state index contributed by atoms with van der Waals surface area (Å²) in [5, 5.41) is 3.56. The molecule has 2 heterocycles. The van der Waals surface area contributed by atoms with Gasteiger partial charge in [0.15, 0.2) is 23.0 Å². The van der Waals surface area contributed by atoms with Gasteiger partial charge in [-0.15, -0.1) is 0 Å². The minimum absolute atomic E-state index is 0.00973. The summed E-state index contributed by atoms with van der Waals surface area (Å²) in [4.78, 5) is 25.9. The third-order valence-electron chi connectivity index (χ3n) is 6.33. The van der Waals surface area contributed by atoms with Gasteiger partial charge in [-0.3, -0.25) is 9.59 Å². The van der Waals surface area contributed by atoms with E-state index in [0.717, 1.165) is 12.0 Å². The van der Waals surface area contributed by atoms with Gasteiger partial charge in [-0.05, 0) is 56.5 Å². The molecule has 174 valence electrons. The highest BCUT2D eigenvalue weighted by Gasteiger charge is 2.37. The van der Waals surface area contributed by atoms with Gasteiger partial charge in [-0.1, -0.05) is 13.0 Å². The minimum Gasteiger partial charge on any atom is -0.493 e. The number of furan rings is 1. The molecule has 0 fully saturated rings. The lowest BCUT2D eigenvalue weighted by Gasteiger charge is -2.34. The Morgan fingerprint density at radius 3 is 2.61 bits per heavy atom. The van der Waals surface area contributed by atoms with Crippen molar-refractivity contribution in [2.75, 3.05) is 20.8 Å². The number of ether oxygens (including phenoxy) is 3. The van der Waals surface area contributed by atoms with Gasteiger partial charge in [0, 0.05) is 17.5 Å². The lowest BCUT2D eigenvalue weighted by molar-refractivity contribution is 0.0503. The van der Waals surface area contributed by atoms with Crippen LogP contribution < -0.4 is 19.5 Å². The molecule has 3 aromatic rings. The lowest BCUT2D eigenvalue weighted by atomic mass is 9.87. The number of fused-ring (bicyclic) bond motifs is 3.